The minimum absolute atomic E-state index is 0.00451. The van der Waals surface area contributed by atoms with E-state index < -0.39 is 10.0 Å². The molecular weight excluding hydrogens is 402 g/mol. The molecule has 8 heteroatoms. The molecule has 1 aliphatic rings. The number of hydrogen-bond acceptors (Lipinski definition) is 4. The lowest BCUT2D eigenvalue weighted by molar-refractivity contribution is 0.0698. The van der Waals surface area contributed by atoms with Crippen LogP contribution in [0.25, 0.3) is 0 Å². The normalized spacial score (nSPS) is 15.0. The number of nitrogens with zero attached hydrogens (tertiary/aromatic N) is 1. The molecule has 2 aromatic carbocycles. The molecule has 0 saturated carbocycles. The van der Waals surface area contributed by atoms with Gasteiger partial charge in [-0.2, -0.15) is 0 Å². The molecule has 0 unspecified atom stereocenters. The Kier molecular flexibility index (Phi) is 6.45. The zero-order chi connectivity index (χ0) is 21.9. The second kappa shape index (κ2) is 8.87. The SMILES string of the molecule is Cc1ccc(C(=O)N2CCC(NC(=O)c3ccc(NS(C)(=O)=O)cc3)CC2)cc1C. The Bertz CT molecular complexity index is 1040. The maximum absolute atomic E-state index is 12.7. The fourth-order valence-corrected chi connectivity index (χ4v) is 4.02. The summed E-state index contributed by atoms with van der Waals surface area (Å²) in [5, 5.41) is 3.00. The molecule has 2 amide bonds. The van der Waals surface area contributed by atoms with Crippen molar-refractivity contribution in [1.29, 1.82) is 0 Å². The average molecular weight is 430 g/mol. The summed E-state index contributed by atoms with van der Waals surface area (Å²) >= 11 is 0. The monoisotopic (exact) mass is 429 g/mol. The van der Waals surface area contributed by atoms with Crippen LogP contribution in [0.5, 0.6) is 0 Å². The van der Waals surface area contributed by atoms with Crippen molar-refractivity contribution in [3.63, 3.8) is 0 Å². The summed E-state index contributed by atoms with van der Waals surface area (Å²) in [4.78, 5) is 27.1. The third kappa shape index (κ3) is 5.60. The maximum Gasteiger partial charge on any atom is 0.253 e. The third-order valence-electron chi connectivity index (χ3n) is 5.32. The minimum Gasteiger partial charge on any atom is -0.349 e. The molecule has 1 heterocycles. The summed E-state index contributed by atoms with van der Waals surface area (Å²) < 4.78 is 24.9. The molecule has 0 bridgehead atoms. The number of amides is 2. The van der Waals surface area contributed by atoms with Crippen molar-refractivity contribution in [2.75, 3.05) is 24.1 Å². The van der Waals surface area contributed by atoms with Gasteiger partial charge in [-0.3, -0.25) is 14.3 Å². The molecule has 1 aliphatic heterocycles. The van der Waals surface area contributed by atoms with Crippen molar-refractivity contribution in [3.8, 4) is 0 Å². The zero-order valence-corrected chi connectivity index (χ0v) is 18.3. The predicted molar refractivity (Wildman–Crippen MR) is 117 cm³/mol. The lowest BCUT2D eigenvalue weighted by Gasteiger charge is -2.32. The van der Waals surface area contributed by atoms with E-state index in [2.05, 4.69) is 10.0 Å². The minimum atomic E-state index is -3.35. The number of nitrogens with one attached hydrogen (secondary N) is 2. The van der Waals surface area contributed by atoms with E-state index in [0.29, 0.717) is 42.7 Å². The first-order chi connectivity index (χ1) is 14.1. The van der Waals surface area contributed by atoms with Crippen molar-refractivity contribution >= 4 is 27.5 Å². The van der Waals surface area contributed by atoms with Crippen LogP contribution in [-0.2, 0) is 10.0 Å². The highest BCUT2D eigenvalue weighted by atomic mass is 32.2. The summed E-state index contributed by atoms with van der Waals surface area (Å²) in [6.07, 6.45) is 2.46. The highest BCUT2D eigenvalue weighted by Gasteiger charge is 2.25. The van der Waals surface area contributed by atoms with Crippen LogP contribution in [0, 0.1) is 13.8 Å². The van der Waals surface area contributed by atoms with Gasteiger partial charge in [0, 0.05) is 35.9 Å². The quantitative estimate of drug-likeness (QED) is 0.764. The van der Waals surface area contributed by atoms with E-state index in [-0.39, 0.29) is 17.9 Å². The summed E-state index contributed by atoms with van der Waals surface area (Å²) in [7, 11) is -3.35. The fourth-order valence-electron chi connectivity index (χ4n) is 3.46. The third-order valence-corrected chi connectivity index (χ3v) is 5.93. The molecule has 3 rings (SSSR count). The summed E-state index contributed by atoms with van der Waals surface area (Å²) in [5.74, 6) is -0.184. The Hall–Kier alpha value is -2.87. The lowest BCUT2D eigenvalue weighted by atomic mass is 10.0. The van der Waals surface area contributed by atoms with Crippen LogP contribution in [0.15, 0.2) is 42.5 Å². The van der Waals surface area contributed by atoms with Gasteiger partial charge in [0.25, 0.3) is 11.8 Å². The van der Waals surface area contributed by atoms with Crippen molar-refractivity contribution in [3.05, 3.63) is 64.7 Å². The molecule has 0 aromatic heterocycles. The number of piperidine rings is 1. The van der Waals surface area contributed by atoms with Gasteiger partial charge in [-0.05, 0) is 74.2 Å². The molecule has 7 nitrogen and oxygen atoms in total. The first-order valence-corrected chi connectivity index (χ1v) is 11.8. The van der Waals surface area contributed by atoms with Crippen molar-refractivity contribution in [1.82, 2.24) is 10.2 Å². The molecule has 0 spiro atoms. The largest absolute Gasteiger partial charge is 0.349 e. The van der Waals surface area contributed by atoms with E-state index in [1.54, 1.807) is 24.3 Å². The molecule has 1 fully saturated rings. The number of aryl methyl sites for hydroxylation is 2. The van der Waals surface area contributed by atoms with Crippen LogP contribution < -0.4 is 10.0 Å². The van der Waals surface area contributed by atoms with Crippen LogP contribution in [0.3, 0.4) is 0 Å². The van der Waals surface area contributed by atoms with Gasteiger partial charge in [0.15, 0.2) is 0 Å². The molecular formula is C22H27N3O4S. The molecule has 30 heavy (non-hydrogen) atoms. The molecule has 160 valence electrons. The van der Waals surface area contributed by atoms with Crippen LogP contribution in [0.4, 0.5) is 5.69 Å². The Balaban J connectivity index is 1.53. The van der Waals surface area contributed by atoms with E-state index in [1.807, 2.05) is 36.9 Å². The van der Waals surface area contributed by atoms with Crippen molar-refractivity contribution in [2.45, 2.75) is 32.7 Å². The molecule has 0 atom stereocenters. The number of carbonyl (C=O) groups excluding carboxylic acids is 2. The van der Waals surface area contributed by atoms with Crippen LogP contribution in [0.2, 0.25) is 0 Å². The van der Waals surface area contributed by atoms with E-state index >= 15 is 0 Å². The number of carbonyl (C=O) groups is 2. The maximum atomic E-state index is 12.7. The number of hydrogen-bond donors (Lipinski definition) is 2. The molecule has 2 aromatic rings. The Morgan fingerprint density at radius 2 is 1.53 bits per heavy atom. The fraction of sp³-hybridized carbons (Fsp3) is 0.364. The summed E-state index contributed by atoms with van der Waals surface area (Å²) in [6, 6.07) is 12.0. The Morgan fingerprint density at radius 3 is 2.10 bits per heavy atom. The number of benzene rings is 2. The molecule has 2 N–H and O–H groups in total. The van der Waals surface area contributed by atoms with Gasteiger partial charge in [0.05, 0.1) is 6.26 Å². The first kappa shape index (κ1) is 21.8. The first-order valence-electron chi connectivity index (χ1n) is 9.87. The van der Waals surface area contributed by atoms with Gasteiger partial charge in [-0.1, -0.05) is 6.07 Å². The zero-order valence-electron chi connectivity index (χ0n) is 17.4. The van der Waals surface area contributed by atoms with Crippen molar-refractivity contribution < 1.29 is 18.0 Å². The average Bonchev–Trinajstić information content (AvgIpc) is 2.69. The van der Waals surface area contributed by atoms with E-state index in [0.717, 1.165) is 17.4 Å². The van der Waals surface area contributed by atoms with Gasteiger partial charge in [-0.25, -0.2) is 8.42 Å². The van der Waals surface area contributed by atoms with E-state index in [4.69, 9.17) is 0 Å². The smallest absolute Gasteiger partial charge is 0.253 e. The summed E-state index contributed by atoms with van der Waals surface area (Å²) in [5.41, 5.74) is 3.83. The summed E-state index contributed by atoms with van der Waals surface area (Å²) in [6.45, 7) is 5.20. The predicted octanol–water partition coefficient (Wildman–Crippen LogP) is 2.71. The van der Waals surface area contributed by atoms with Gasteiger partial charge in [0.1, 0.15) is 0 Å². The van der Waals surface area contributed by atoms with Gasteiger partial charge < -0.3 is 10.2 Å². The molecule has 0 radical (unpaired) electrons. The standard InChI is InChI=1S/C22H27N3O4S/c1-15-4-5-18(14-16(15)2)22(27)25-12-10-19(11-13-25)23-21(26)17-6-8-20(9-7-17)24-30(3,28)29/h4-9,14,19,24H,10-13H2,1-3H3,(H,23,26). The number of rotatable bonds is 5. The topological polar surface area (TPSA) is 95.6 Å². The highest BCUT2D eigenvalue weighted by molar-refractivity contribution is 7.92. The number of anilines is 1. The van der Waals surface area contributed by atoms with Gasteiger partial charge in [0.2, 0.25) is 10.0 Å². The molecule has 1 saturated heterocycles. The second-order valence-electron chi connectivity index (χ2n) is 7.79. The second-order valence-corrected chi connectivity index (χ2v) is 9.54. The Labute approximate surface area is 177 Å². The van der Waals surface area contributed by atoms with Gasteiger partial charge in [-0.15, -0.1) is 0 Å². The van der Waals surface area contributed by atoms with E-state index in [9.17, 15) is 18.0 Å². The highest BCUT2D eigenvalue weighted by Crippen LogP contribution is 2.17. The van der Waals surface area contributed by atoms with Gasteiger partial charge >= 0.3 is 0 Å². The Morgan fingerprint density at radius 1 is 0.933 bits per heavy atom. The van der Waals surface area contributed by atoms with Crippen LogP contribution in [-0.4, -0.2) is 50.5 Å². The van der Waals surface area contributed by atoms with Crippen molar-refractivity contribution in [2.24, 2.45) is 0 Å². The van der Waals surface area contributed by atoms with Crippen LogP contribution >= 0.6 is 0 Å². The molecule has 0 aliphatic carbocycles. The number of sulfonamides is 1. The number of likely N-dealkylation sites (tertiary alicyclic amines) is 1. The van der Waals surface area contributed by atoms with E-state index in [1.165, 1.54) is 0 Å². The van der Waals surface area contributed by atoms with Crippen LogP contribution in [0.1, 0.15) is 44.7 Å². The lowest BCUT2D eigenvalue weighted by Crippen LogP contribution is -2.46.